The van der Waals surface area contributed by atoms with Crippen molar-refractivity contribution in [3.05, 3.63) is 83.8 Å². The van der Waals surface area contributed by atoms with Crippen molar-refractivity contribution < 1.29 is 8.91 Å². The van der Waals surface area contributed by atoms with E-state index in [2.05, 4.69) is 28.8 Å². The Labute approximate surface area is 161 Å². The van der Waals surface area contributed by atoms with Crippen LogP contribution in [0.4, 0.5) is 4.39 Å². The largest absolute Gasteiger partial charge is 0.356 e. The van der Waals surface area contributed by atoms with Gasteiger partial charge in [0.15, 0.2) is 5.58 Å². The Kier molecular flexibility index (Phi) is 3.76. The van der Waals surface area contributed by atoms with Crippen molar-refractivity contribution >= 4 is 22.0 Å². The van der Waals surface area contributed by atoms with Gasteiger partial charge in [-0.05, 0) is 55.8 Å². The van der Waals surface area contributed by atoms with E-state index >= 15 is 0 Å². The van der Waals surface area contributed by atoms with Crippen molar-refractivity contribution in [1.29, 1.82) is 0 Å². The van der Waals surface area contributed by atoms with Gasteiger partial charge in [0.25, 0.3) is 0 Å². The van der Waals surface area contributed by atoms with Crippen LogP contribution in [0.5, 0.6) is 0 Å². The van der Waals surface area contributed by atoms with Gasteiger partial charge in [-0.15, -0.1) is 0 Å². The van der Waals surface area contributed by atoms with Crippen LogP contribution in [0.25, 0.3) is 33.4 Å². The molecule has 0 saturated carbocycles. The molecule has 0 aliphatic rings. The molecule has 0 unspecified atom stereocenters. The van der Waals surface area contributed by atoms with E-state index < -0.39 is 0 Å². The SMILES string of the molecule is Cc1noc2ccc(-c3nc4ccc(F)cc4n3[C@@H](C)c3ccccc3)cc12. The maximum Gasteiger partial charge on any atom is 0.167 e. The van der Waals surface area contributed by atoms with Crippen molar-refractivity contribution in [2.75, 3.05) is 0 Å². The Hall–Kier alpha value is -3.47. The number of halogens is 1. The first-order chi connectivity index (χ1) is 13.6. The third-order valence-electron chi connectivity index (χ3n) is 5.23. The molecule has 0 fully saturated rings. The molecule has 5 heteroatoms. The first kappa shape index (κ1) is 16.7. The summed E-state index contributed by atoms with van der Waals surface area (Å²) < 4.78 is 21.5. The van der Waals surface area contributed by atoms with Crippen molar-refractivity contribution in [2.45, 2.75) is 19.9 Å². The predicted octanol–water partition coefficient (Wildman–Crippen LogP) is 5.90. The third kappa shape index (κ3) is 2.59. The van der Waals surface area contributed by atoms with Gasteiger partial charge in [0, 0.05) is 10.9 Å². The summed E-state index contributed by atoms with van der Waals surface area (Å²) in [5.41, 5.74) is 5.19. The first-order valence-electron chi connectivity index (χ1n) is 9.20. The van der Waals surface area contributed by atoms with E-state index in [4.69, 9.17) is 9.51 Å². The van der Waals surface area contributed by atoms with E-state index in [0.29, 0.717) is 0 Å². The number of benzene rings is 3. The van der Waals surface area contributed by atoms with Crippen LogP contribution in [0.15, 0.2) is 71.3 Å². The van der Waals surface area contributed by atoms with Crippen molar-refractivity contribution in [3.63, 3.8) is 0 Å². The van der Waals surface area contributed by atoms with Gasteiger partial charge in [0.2, 0.25) is 0 Å². The molecule has 5 rings (SSSR count). The Bertz CT molecular complexity index is 1300. The number of nitrogens with zero attached hydrogens (tertiary/aromatic N) is 3. The molecule has 0 aliphatic heterocycles. The van der Waals surface area contributed by atoms with Gasteiger partial charge in [-0.1, -0.05) is 35.5 Å². The molecule has 2 heterocycles. The molecule has 0 N–H and O–H groups in total. The molecule has 2 aromatic heterocycles. The highest BCUT2D eigenvalue weighted by molar-refractivity contribution is 5.87. The van der Waals surface area contributed by atoms with E-state index in [1.165, 1.54) is 6.07 Å². The highest BCUT2D eigenvalue weighted by Gasteiger charge is 2.20. The lowest BCUT2D eigenvalue weighted by atomic mass is 10.1. The zero-order valence-electron chi connectivity index (χ0n) is 15.6. The molecule has 1 atom stereocenters. The van der Waals surface area contributed by atoms with Crippen LogP contribution in [-0.4, -0.2) is 14.7 Å². The molecular formula is C23H18FN3O. The summed E-state index contributed by atoms with van der Waals surface area (Å²) in [7, 11) is 0. The average molecular weight is 371 g/mol. The van der Waals surface area contributed by atoms with Crippen LogP contribution in [0.3, 0.4) is 0 Å². The summed E-state index contributed by atoms with van der Waals surface area (Å²) in [6, 6.07) is 20.8. The minimum atomic E-state index is -0.272. The summed E-state index contributed by atoms with van der Waals surface area (Å²) in [5.74, 6) is 0.519. The van der Waals surface area contributed by atoms with Crippen LogP contribution < -0.4 is 0 Å². The molecule has 0 radical (unpaired) electrons. The molecule has 28 heavy (non-hydrogen) atoms. The number of aryl methyl sites for hydroxylation is 1. The fraction of sp³-hybridized carbons (Fsp3) is 0.130. The lowest BCUT2D eigenvalue weighted by Gasteiger charge is -2.18. The Balaban J connectivity index is 1.79. The lowest BCUT2D eigenvalue weighted by molar-refractivity contribution is 0.450. The average Bonchev–Trinajstić information content (AvgIpc) is 3.28. The number of rotatable bonds is 3. The van der Waals surface area contributed by atoms with E-state index in [1.54, 1.807) is 12.1 Å². The summed E-state index contributed by atoms with van der Waals surface area (Å²) in [5, 5.41) is 4.99. The molecule has 0 bridgehead atoms. The zero-order valence-corrected chi connectivity index (χ0v) is 15.6. The van der Waals surface area contributed by atoms with Gasteiger partial charge < -0.3 is 9.09 Å². The molecule has 0 amide bonds. The number of aromatic nitrogens is 3. The molecule has 4 nitrogen and oxygen atoms in total. The molecular weight excluding hydrogens is 353 g/mol. The van der Waals surface area contributed by atoms with Gasteiger partial charge in [-0.2, -0.15) is 0 Å². The number of fused-ring (bicyclic) bond motifs is 2. The van der Waals surface area contributed by atoms with E-state index in [-0.39, 0.29) is 11.9 Å². The molecule has 0 spiro atoms. The number of imidazole rings is 1. The second kappa shape index (κ2) is 6.30. The molecule has 138 valence electrons. The topological polar surface area (TPSA) is 43.9 Å². The predicted molar refractivity (Wildman–Crippen MR) is 108 cm³/mol. The van der Waals surface area contributed by atoms with Gasteiger partial charge in [-0.3, -0.25) is 0 Å². The monoisotopic (exact) mass is 371 g/mol. The minimum absolute atomic E-state index is 0.0118. The van der Waals surface area contributed by atoms with E-state index in [1.807, 2.05) is 43.3 Å². The van der Waals surface area contributed by atoms with Crippen LogP contribution in [0.2, 0.25) is 0 Å². The van der Waals surface area contributed by atoms with Gasteiger partial charge >= 0.3 is 0 Å². The first-order valence-corrected chi connectivity index (χ1v) is 9.20. The maximum atomic E-state index is 14.1. The number of hydrogen-bond donors (Lipinski definition) is 0. The number of hydrogen-bond acceptors (Lipinski definition) is 3. The van der Waals surface area contributed by atoms with Gasteiger partial charge in [0.1, 0.15) is 11.6 Å². The van der Waals surface area contributed by atoms with Crippen molar-refractivity contribution in [1.82, 2.24) is 14.7 Å². The van der Waals surface area contributed by atoms with Crippen LogP contribution in [0, 0.1) is 12.7 Å². The van der Waals surface area contributed by atoms with Gasteiger partial charge in [0.05, 0.1) is 22.8 Å². The van der Waals surface area contributed by atoms with Gasteiger partial charge in [-0.25, -0.2) is 9.37 Å². The van der Waals surface area contributed by atoms with E-state index in [9.17, 15) is 4.39 Å². The Morgan fingerprint density at radius 1 is 1.00 bits per heavy atom. The standard InChI is InChI=1S/C23H18FN3O/c1-14-19-12-17(8-11-22(19)28-26-14)23-25-20-10-9-18(24)13-21(20)27(23)15(2)16-6-4-3-5-7-16/h3-13,15H,1-2H3/t15-/m0/s1. The maximum absolute atomic E-state index is 14.1. The highest BCUT2D eigenvalue weighted by atomic mass is 19.1. The molecule has 3 aromatic carbocycles. The zero-order chi connectivity index (χ0) is 19.3. The second-order valence-electron chi connectivity index (χ2n) is 7.00. The third-order valence-corrected chi connectivity index (χ3v) is 5.23. The smallest absolute Gasteiger partial charge is 0.167 e. The van der Waals surface area contributed by atoms with Crippen molar-refractivity contribution in [2.24, 2.45) is 0 Å². The lowest BCUT2D eigenvalue weighted by Crippen LogP contribution is -2.08. The highest BCUT2D eigenvalue weighted by Crippen LogP contribution is 2.33. The quantitative estimate of drug-likeness (QED) is 0.396. The Morgan fingerprint density at radius 3 is 2.64 bits per heavy atom. The fourth-order valence-corrected chi connectivity index (χ4v) is 3.74. The van der Waals surface area contributed by atoms with E-state index in [0.717, 1.165) is 44.6 Å². The Morgan fingerprint density at radius 2 is 1.82 bits per heavy atom. The molecule has 5 aromatic rings. The minimum Gasteiger partial charge on any atom is -0.356 e. The molecule has 0 aliphatic carbocycles. The summed E-state index contributed by atoms with van der Waals surface area (Å²) in [4.78, 5) is 4.84. The molecule has 0 saturated heterocycles. The normalized spacial score (nSPS) is 12.7. The summed E-state index contributed by atoms with van der Waals surface area (Å²) >= 11 is 0. The summed E-state index contributed by atoms with van der Waals surface area (Å²) in [6.45, 7) is 4.02. The van der Waals surface area contributed by atoms with Crippen molar-refractivity contribution in [3.8, 4) is 11.4 Å². The van der Waals surface area contributed by atoms with Crippen LogP contribution in [-0.2, 0) is 0 Å². The summed E-state index contributed by atoms with van der Waals surface area (Å²) in [6.07, 6.45) is 0. The van der Waals surface area contributed by atoms with Crippen LogP contribution >= 0.6 is 0 Å². The second-order valence-corrected chi connectivity index (χ2v) is 7.00. The van der Waals surface area contributed by atoms with Crippen LogP contribution in [0.1, 0.15) is 24.2 Å². The fourth-order valence-electron chi connectivity index (χ4n) is 3.74.